The fourth-order valence-electron chi connectivity index (χ4n) is 8.93. The third-order valence-electron chi connectivity index (χ3n) is 13.2. The monoisotopic (exact) mass is 1090 g/mol. The first-order valence-electron chi connectivity index (χ1n) is 24.7. The summed E-state index contributed by atoms with van der Waals surface area (Å²) in [6, 6.07) is 0.490. The van der Waals surface area contributed by atoms with Gasteiger partial charge >= 0.3 is 24.2 Å². The van der Waals surface area contributed by atoms with Gasteiger partial charge in [-0.05, 0) is 123 Å². The van der Waals surface area contributed by atoms with Gasteiger partial charge in [0.25, 0.3) is 0 Å². The third-order valence-corrected chi connectivity index (χ3v) is 13.3. The zero-order valence-electron chi connectivity index (χ0n) is 44.5. The number of ether oxygens (including phenoxy) is 2. The number of likely N-dealkylation sites (N-methyl/N-ethyl adjacent to an activating group) is 4. The van der Waals surface area contributed by atoms with Gasteiger partial charge in [0.2, 0.25) is 17.1 Å². The summed E-state index contributed by atoms with van der Waals surface area (Å²) in [5, 5.41) is 2.77. The molecule has 73 heavy (non-hydrogen) atoms. The Labute approximate surface area is 458 Å². The smallest absolute Gasteiger partial charge is 0.410 e. The van der Waals surface area contributed by atoms with E-state index >= 15 is 0 Å². The first-order chi connectivity index (χ1) is 32.3. The highest BCUT2D eigenvalue weighted by Crippen LogP contribution is 2.23. The van der Waals surface area contributed by atoms with Crippen molar-refractivity contribution in [2.24, 2.45) is 0 Å². The average Bonchev–Trinajstić information content (AvgIpc) is 4.16. The zero-order chi connectivity index (χ0) is 51.6. The summed E-state index contributed by atoms with van der Waals surface area (Å²) >= 11 is 4.71. The molecule has 6 aliphatic heterocycles. The molecule has 4 atom stereocenters. The Morgan fingerprint density at radius 3 is 1.36 bits per heavy atom. The van der Waals surface area contributed by atoms with Crippen LogP contribution in [0, 0.1) is 0 Å². The molecule has 0 aromatic carbocycles. The molecular formula is C51H97ClN10O9S2. The summed E-state index contributed by atoms with van der Waals surface area (Å²) in [6.45, 7) is 28.0. The van der Waals surface area contributed by atoms with Crippen molar-refractivity contribution < 1.29 is 43.0 Å². The number of allylic oxidation sites excluding steroid dienone is 1. The number of rotatable bonds is 9. The maximum atomic E-state index is 13.1. The lowest BCUT2D eigenvalue weighted by atomic mass is 10.2. The van der Waals surface area contributed by atoms with E-state index in [1.807, 2.05) is 85.0 Å². The van der Waals surface area contributed by atoms with Crippen LogP contribution in [0.1, 0.15) is 114 Å². The van der Waals surface area contributed by atoms with E-state index in [1.54, 1.807) is 23.9 Å². The highest BCUT2D eigenvalue weighted by Gasteiger charge is 2.38. The van der Waals surface area contributed by atoms with Gasteiger partial charge in [-0.2, -0.15) is 27.0 Å². The minimum atomic E-state index is -0.535. The Balaban J connectivity index is 0. The second kappa shape index (κ2) is 33.9. The molecule has 0 aromatic heterocycles. The Morgan fingerprint density at radius 1 is 0.575 bits per heavy atom. The van der Waals surface area contributed by atoms with Crippen molar-refractivity contribution in [3.8, 4) is 0 Å². The molecule has 1 N–H and O–H groups in total. The lowest BCUT2D eigenvalue weighted by molar-refractivity contribution is -0.130. The summed E-state index contributed by atoms with van der Waals surface area (Å²) < 4.78 is 10.9. The van der Waals surface area contributed by atoms with Crippen molar-refractivity contribution in [1.29, 1.82) is 0 Å². The molecule has 0 bridgehead atoms. The zero-order valence-corrected chi connectivity index (χ0v) is 47.3. The number of halogens is 1. The van der Waals surface area contributed by atoms with E-state index in [2.05, 4.69) is 23.4 Å². The topological polar surface area (TPSA) is 179 Å². The van der Waals surface area contributed by atoms with E-state index in [0.717, 1.165) is 116 Å². The van der Waals surface area contributed by atoms with Gasteiger partial charge in [0.1, 0.15) is 11.2 Å². The maximum absolute atomic E-state index is 13.1. The van der Waals surface area contributed by atoms with Gasteiger partial charge in [0.05, 0.1) is 12.1 Å². The summed E-state index contributed by atoms with van der Waals surface area (Å²) in [7, 11) is 7.23. The Morgan fingerprint density at radius 2 is 0.973 bits per heavy atom. The van der Waals surface area contributed by atoms with Crippen molar-refractivity contribution in [3.63, 3.8) is 0 Å². The molecular weight excluding hydrogens is 996 g/mol. The van der Waals surface area contributed by atoms with Crippen LogP contribution in [0.25, 0.3) is 0 Å². The first-order valence-corrected chi connectivity index (χ1v) is 25.1. The van der Waals surface area contributed by atoms with Crippen LogP contribution in [0.5, 0.6) is 0 Å². The van der Waals surface area contributed by atoms with E-state index in [-0.39, 0.29) is 102 Å². The molecule has 6 fully saturated rings. The largest absolute Gasteiger partial charge is 0.444 e. The first kappa shape index (κ1) is 71.2. The van der Waals surface area contributed by atoms with Crippen LogP contribution in [0.4, 0.5) is 19.2 Å². The molecule has 6 aliphatic rings. The van der Waals surface area contributed by atoms with Crippen LogP contribution < -0.4 is 5.32 Å². The quantitative estimate of drug-likeness (QED) is 0.193. The lowest BCUT2D eigenvalue weighted by Gasteiger charge is -2.31. The molecule has 0 aliphatic carbocycles. The Bertz CT molecular complexity index is 1750. The predicted molar refractivity (Wildman–Crippen MR) is 302 cm³/mol. The molecule has 8 amide bonds. The second-order valence-electron chi connectivity index (χ2n) is 20.7. The fraction of sp³-hybridized carbons (Fsp3) is 0.784. The number of amides is 8. The molecule has 0 unspecified atom stereocenters. The minimum Gasteiger partial charge on any atom is -0.444 e. The highest BCUT2D eigenvalue weighted by atomic mass is 35.5. The number of carbonyl (C=O) groups is 7. The van der Waals surface area contributed by atoms with Crippen molar-refractivity contribution in [1.82, 2.24) is 49.4 Å². The molecule has 22 heteroatoms. The number of carbonyl (C=O) groups excluding carboxylic acids is 7. The Kier molecular flexibility index (Phi) is 33.0. The molecule has 0 saturated carbocycles. The van der Waals surface area contributed by atoms with Crippen molar-refractivity contribution in [2.75, 3.05) is 113 Å². The van der Waals surface area contributed by atoms with Crippen molar-refractivity contribution >= 4 is 79.9 Å². The normalized spacial score (nSPS) is 21.0. The number of nitrogens with zero attached hydrogens (tertiary/aromatic N) is 9. The molecule has 0 aromatic rings. The van der Waals surface area contributed by atoms with Crippen LogP contribution in [0.3, 0.4) is 0 Å². The van der Waals surface area contributed by atoms with Crippen LogP contribution in [-0.4, -0.2) is 234 Å². The standard InChI is InChI=1S/C23H41N5O4.C16H30N4O3.C7H11NO.C3H3ClO.2CH4.2H2S/c1-23(2,3)32-22(31)25(5)19-9-15-28(17-19)21(30)24(4)18-8-13-26(16-18)14-10-20(29)27-11-6-7-12-27;1-16(2,3)23-15(22)19(5)13-7-9-20(11-13)14(21)18(4)12-6-8-17-10-12;1-2-7(9)8-5-3-4-6-8;1-2-3(4)5;;;;/h18-19H,6-17H2,1-5H3;12-13,17H,6-11H2,1-5H3;2H,1,3-6H2;2H,1H2;2*1H4;2*1H2/t18-,19+;12-,13+;;;;;;/m11....../s1. The minimum absolute atomic E-state index is 0. The van der Waals surface area contributed by atoms with Gasteiger partial charge in [-0.25, -0.2) is 19.2 Å². The van der Waals surface area contributed by atoms with E-state index in [1.165, 1.54) is 6.08 Å². The van der Waals surface area contributed by atoms with Gasteiger partial charge in [-0.1, -0.05) is 28.0 Å². The number of urea groups is 2. The number of likely N-dealkylation sites (tertiary alicyclic amines) is 5. The van der Waals surface area contributed by atoms with Gasteiger partial charge < -0.3 is 58.9 Å². The number of hydrogen-bond donors (Lipinski definition) is 1. The molecule has 19 nitrogen and oxygen atoms in total. The number of hydrogen-bond acceptors (Lipinski definition) is 11. The van der Waals surface area contributed by atoms with Crippen LogP contribution in [0.15, 0.2) is 25.3 Å². The van der Waals surface area contributed by atoms with Gasteiger partial charge in [0.15, 0.2) is 0 Å². The predicted octanol–water partition coefficient (Wildman–Crippen LogP) is 6.64. The maximum Gasteiger partial charge on any atom is 0.410 e. The van der Waals surface area contributed by atoms with E-state index < -0.39 is 16.4 Å². The van der Waals surface area contributed by atoms with Crippen LogP contribution in [0.2, 0.25) is 0 Å². The lowest BCUT2D eigenvalue weighted by Crippen LogP contribution is -2.48. The summed E-state index contributed by atoms with van der Waals surface area (Å²) in [5.74, 6) is 0.333. The number of nitrogens with one attached hydrogen (secondary N) is 1. The van der Waals surface area contributed by atoms with Gasteiger partial charge in [-0.3, -0.25) is 14.4 Å². The Hall–Kier alpha value is -3.92. The van der Waals surface area contributed by atoms with Crippen molar-refractivity contribution in [2.45, 2.75) is 150 Å². The molecule has 0 spiro atoms. The van der Waals surface area contributed by atoms with E-state index in [9.17, 15) is 33.6 Å². The van der Waals surface area contributed by atoms with E-state index in [4.69, 9.17) is 21.1 Å². The van der Waals surface area contributed by atoms with Gasteiger partial charge in [0, 0.05) is 125 Å². The molecule has 424 valence electrons. The average molecular weight is 1090 g/mol. The second-order valence-corrected chi connectivity index (χ2v) is 21.1. The SMILES string of the molecule is C.C.C=CC(=O)Cl.C=CC(=O)N1CCCC1.CN(C(=O)OC(C)(C)C)[C@H]1CCN(C(=O)N(C)[C@@H]2CCN(CCC(=O)N3CCCC3)C2)C1.CN(C(=O)OC(C)(C)C)[C@H]1CCN(C(=O)N(C)[C@@H]2CCNC2)C1.S.S. The molecule has 6 heterocycles. The molecule has 6 rings (SSSR count). The van der Waals surface area contributed by atoms with Gasteiger partial charge in [-0.15, -0.1) is 0 Å². The highest BCUT2D eigenvalue weighted by molar-refractivity contribution is 7.59. The van der Waals surface area contributed by atoms with Crippen molar-refractivity contribution in [3.05, 3.63) is 25.3 Å². The van der Waals surface area contributed by atoms with Crippen LogP contribution >= 0.6 is 38.6 Å². The summed E-state index contributed by atoms with van der Waals surface area (Å²) in [4.78, 5) is 99.4. The molecule has 6 saturated heterocycles. The fourth-order valence-corrected chi connectivity index (χ4v) is 8.93. The third kappa shape index (κ3) is 24.1. The molecule has 0 radical (unpaired) electrons. The summed E-state index contributed by atoms with van der Waals surface area (Å²) in [5.41, 5.74) is -1.04. The summed E-state index contributed by atoms with van der Waals surface area (Å²) in [6.07, 6.45) is 10.3. The van der Waals surface area contributed by atoms with Crippen LogP contribution in [-0.2, 0) is 23.9 Å². The van der Waals surface area contributed by atoms with E-state index in [0.29, 0.717) is 32.6 Å².